The van der Waals surface area contributed by atoms with Gasteiger partial charge in [0.25, 0.3) is 5.91 Å². The van der Waals surface area contributed by atoms with Crippen LogP contribution in [0.2, 0.25) is 0 Å². The minimum absolute atomic E-state index is 0.187. The number of thioether (sulfide) groups is 1. The summed E-state index contributed by atoms with van der Waals surface area (Å²) >= 11 is 1.33. The molecule has 1 amide bonds. The van der Waals surface area contributed by atoms with E-state index in [4.69, 9.17) is 5.11 Å². The summed E-state index contributed by atoms with van der Waals surface area (Å²) in [5.41, 5.74) is 5.24. The van der Waals surface area contributed by atoms with E-state index in [9.17, 15) is 9.59 Å². The summed E-state index contributed by atoms with van der Waals surface area (Å²) < 4.78 is 1.94. The van der Waals surface area contributed by atoms with Crippen LogP contribution in [0.25, 0.3) is 11.0 Å². The van der Waals surface area contributed by atoms with Crippen LogP contribution in [-0.2, 0) is 11.8 Å². The van der Waals surface area contributed by atoms with Gasteiger partial charge in [0.2, 0.25) is 0 Å². The Morgan fingerprint density at radius 3 is 2.65 bits per heavy atom. The summed E-state index contributed by atoms with van der Waals surface area (Å²) in [5.74, 6) is -1.05. The highest BCUT2D eigenvalue weighted by atomic mass is 32.2. The zero-order valence-corrected chi connectivity index (χ0v) is 14.7. The summed E-state index contributed by atoms with van der Waals surface area (Å²) in [5, 5.41) is 13.5. The first-order valence-corrected chi connectivity index (χ1v) is 8.72. The normalized spacial score (nSPS) is 11.1. The highest BCUT2D eigenvalue weighted by Gasteiger charge is 2.09. The number of carboxylic acids is 1. The number of fused-ring (bicyclic) bond motifs is 1. The lowest BCUT2D eigenvalue weighted by molar-refractivity contribution is -0.118. The van der Waals surface area contributed by atoms with Gasteiger partial charge in [0.05, 0.1) is 28.6 Å². The van der Waals surface area contributed by atoms with Crippen LogP contribution < -0.4 is 5.43 Å². The quantitative estimate of drug-likeness (QED) is 0.396. The molecule has 132 valence electrons. The summed E-state index contributed by atoms with van der Waals surface area (Å²) in [7, 11) is 1.91. The number of nitrogens with zero attached hydrogens (tertiary/aromatic N) is 3. The SMILES string of the molecule is Cn1c(SCC(=O)NN=Cc2ccc(C(=O)O)cc2)nc2ccccc21. The summed E-state index contributed by atoms with van der Waals surface area (Å²) in [6.45, 7) is 0. The predicted octanol–water partition coefficient (Wildman–Crippen LogP) is 2.51. The Hall–Kier alpha value is -3.13. The van der Waals surface area contributed by atoms with Gasteiger partial charge in [-0.15, -0.1) is 0 Å². The summed E-state index contributed by atoms with van der Waals surface area (Å²) in [6.07, 6.45) is 1.46. The average Bonchev–Trinajstić information content (AvgIpc) is 2.97. The largest absolute Gasteiger partial charge is 0.478 e. The summed E-state index contributed by atoms with van der Waals surface area (Å²) in [6, 6.07) is 14.0. The summed E-state index contributed by atoms with van der Waals surface area (Å²) in [4.78, 5) is 27.2. The number of benzene rings is 2. The standard InChI is InChI=1S/C18H16N4O3S/c1-22-15-5-3-2-4-14(15)20-18(22)26-11-16(23)21-19-10-12-6-8-13(9-7-12)17(24)25/h2-10H,11H2,1H3,(H,21,23)(H,24,25). The first-order valence-electron chi connectivity index (χ1n) is 7.74. The van der Waals surface area contributed by atoms with Crippen molar-refractivity contribution >= 4 is 40.9 Å². The van der Waals surface area contributed by atoms with Crippen molar-refractivity contribution in [1.29, 1.82) is 0 Å². The first-order chi connectivity index (χ1) is 12.5. The van der Waals surface area contributed by atoms with Crippen molar-refractivity contribution in [2.45, 2.75) is 5.16 Å². The molecule has 2 N–H and O–H groups in total. The number of carboxylic acid groups (broad SMARTS) is 1. The molecule has 1 heterocycles. The molecule has 0 aliphatic carbocycles. The third-order valence-electron chi connectivity index (χ3n) is 3.64. The van der Waals surface area contributed by atoms with Gasteiger partial charge in [0, 0.05) is 7.05 Å². The van der Waals surface area contributed by atoms with E-state index in [1.54, 1.807) is 12.1 Å². The fraction of sp³-hybridized carbons (Fsp3) is 0.111. The minimum Gasteiger partial charge on any atom is -0.478 e. The number of hydrogen-bond acceptors (Lipinski definition) is 5. The molecule has 0 saturated carbocycles. The minimum atomic E-state index is -0.985. The molecular formula is C18H16N4O3S. The number of hydrazone groups is 1. The van der Waals surface area contributed by atoms with E-state index in [1.807, 2.05) is 35.9 Å². The van der Waals surface area contributed by atoms with Gasteiger partial charge in [-0.3, -0.25) is 4.79 Å². The van der Waals surface area contributed by atoms with Crippen molar-refractivity contribution < 1.29 is 14.7 Å². The highest BCUT2D eigenvalue weighted by Crippen LogP contribution is 2.22. The van der Waals surface area contributed by atoms with E-state index < -0.39 is 5.97 Å². The van der Waals surface area contributed by atoms with Gasteiger partial charge in [0.1, 0.15) is 0 Å². The number of carbonyl (C=O) groups excluding carboxylic acids is 1. The molecule has 0 saturated heterocycles. The van der Waals surface area contributed by atoms with Gasteiger partial charge in [-0.05, 0) is 29.8 Å². The molecule has 0 bridgehead atoms. The first kappa shape index (κ1) is 17.7. The number of imidazole rings is 1. The second kappa shape index (κ2) is 7.83. The van der Waals surface area contributed by atoms with Crippen LogP contribution in [0.5, 0.6) is 0 Å². The molecule has 0 aliphatic rings. The molecule has 8 heteroatoms. The van der Waals surface area contributed by atoms with Crippen molar-refractivity contribution in [2.24, 2.45) is 12.1 Å². The molecule has 1 aromatic heterocycles. The highest BCUT2D eigenvalue weighted by molar-refractivity contribution is 7.99. The monoisotopic (exact) mass is 368 g/mol. The molecule has 3 rings (SSSR count). The molecule has 2 aromatic carbocycles. The smallest absolute Gasteiger partial charge is 0.335 e. The number of hydrogen-bond donors (Lipinski definition) is 2. The Morgan fingerprint density at radius 1 is 1.23 bits per heavy atom. The van der Waals surface area contributed by atoms with Crippen LogP contribution in [0.1, 0.15) is 15.9 Å². The molecule has 7 nitrogen and oxygen atoms in total. The molecule has 26 heavy (non-hydrogen) atoms. The number of carbonyl (C=O) groups is 2. The Morgan fingerprint density at radius 2 is 1.96 bits per heavy atom. The van der Waals surface area contributed by atoms with Crippen molar-refractivity contribution in [3.63, 3.8) is 0 Å². The lowest BCUT2D eigenvalue weighted by Gasteiger charge is -2.01. The lowest BCUT2D eigenvalue weighted by atomic mass is 10.1. The van der Waals surface area contributed by atoms with Gasteiger partial charge in [-0.2, -0.15) is 5.10 Å². The Balaban J connectivity index is 1.53. The van der Waals surface area contributed by atoms with Gasteiger partial charge >= 0.3 is 5.97 Å². The molecule has 0 fully saturated rings. The Bertz CT molecular complexity index is 980. The van der Waals surface area contributed by atoms with Crippen LogP contribution in [0.4, 0.5) is 0 Å². The second-order valence-electron chi connectivity index (χ2n) is 5.45. The zero-order chi connectivity index (χ0) is 18.5. The number of amides is 1. The van der Waals surface area contributed by atoms with Crippen molar-refractivity contribution in [3.05, 3.63) is 59.7 Å². The van der Waals surface area contributed by atoms with E-state index >= 15 is 0 Å². The molecular weight excluding hydrogens is 352 g/mol. The fourth-order valence-corrected chi connectivity index (χ4v) is 3.09. The Labute approximate surface area is 153 Å². The number of rotatable bonds is 6. The van der Waals surface area contributed by atoms with E-state index in [0.29, 0.717) is 5.56 Å². The third-order valence-corrected chi connectivity index (χ3v) is 4.67. The van der Waals surface area contributed by atoms with Crippen molar-refractivity contribution in [2.75, 3.05) is 5.75 Å². The van der Waals surface area contributed by atoms with E-state index in [2.05, 4.69) is 15.5 Å². The third kappa shape index (κ3) is 4.09. The van der Waals surface area contributed by atoms with Crippen LogP contribution >= 0.6 is 11.8 Å². The average molecular weight is 368 g/mol. The number of aryl methyl sites for hydroxylation is 1. The van der Waals surface area contributed by atoms with E-state index in [-0.39, 0.29) is 17.2 Å². The topological polar surface area (TPSA) is 96.6 Å². The number of aromatic nitrogens is 2. The number of para-hydroxylation sites is 2. The second-order valence-corrected chi connectivity index (χ2v) is 6.39. The van der Waals surface area contributed by atoms with Crippen molar-refractivity contribution in [1.82, 2.24) is 15.0 Å². The van der Waals surface area contributed by atoms with Gasteiger partial charge in [-0.25, -0.2) is 15.2 Å². The van der Waals surface area contributed by atoms with E-state index in [0.717, 1.165) is 16.2 Å². The number of aromatic carboxylic acids is 1. The molecule has 0 radical (unpaired) electrons. The lowest BCUT2D eigenvalue weighted by Crippen LogP contribution is -2.19. The molecule has 3 aromatic rings. The maximum atomic E-state index is 11.9. The van der Waals surface area contributed by atoms with Crippen LogP contribution in [0, 0.1) is 0 Å². The van der Waals surface area contributed by atoms with Gasteiger partial charge in [-0.1, -0.05) is 36.0 Å². The zero-order valence-electron chi connectivity index (χ0n) is 13.9. The van der Waals surface area contributed by atoms with Crippen LogP contribution in [-0.4, -0.2) is 38.5 Å². The molecule has 0 atom stereocenters. The predicted molar refractivity (Wildman–Crippen MR) is 101 cm³/mol. The molecule has 0 unspecified atom stereocenters. The van der Waals surface area contributed by atoms with Gasteiger partial charge in [0.15, 0.2) is 5.16 Å². The van der Waals surface area contributed by atoms with E-state index in [1.165, 1.54) is 30.1 Å². The molecule has 0 aliphatic heterocycles. The molecule has 0 spiro atoms. The maximum Gasteiger partial charge on any atom is 0.335 e. The maximum absolute atomic E-state index is 11.9. The number of nitrogens with one attached hydrogen (secondary N) is 1. The Kier molecular flexibility index (Phi) is 5.33. The van der Waals surface area contributed by atoms with Crippen LogP contribution in [0.15, 0.2) is 58.8 Å². The fourth-order valence-electron chi connectivity index (χ4n) is 2.31. The van der Waals surface area contributed by atoms with Gasteiger partial charge < -0.3 is 9.67 Å². The van der Waals surface area contributed by atoms with Crippen molar-refractivity contribution in [3.8, 4) is 0 Å². The van der Waals surface area contributed by atoms with Crippen LogP contribution in [0.3, 0.4) is 0 Å².